The van der Waals surface area contributed by atoms with E-state index >= 15 is 0 Å². The zero-order chi connectivity index (χ0) is 77.4. The number of nitrogens with zero attached hydrogens (tertiary/aromatic N) is 5. The van der Waals surface area contributed by atoms with Gasteiger partial charge in [-0.2, -0.15) is 0 Å². The topological polar surface area (TPSA) is 53.1 Å². The predicted molar refractivity (Wildman–Crippen MR) is 448 cm³/mol. The highest BCUT2D eigenvalue weighted by molar-refractivity contribution is 7.03. The third-order valence-electron chi connectivity index (χ3n) is 22.0. The molecule has 6 aliphatic rings. The van der Waals surface area contributed by atoms with Crippen molar-refractivity contribution in [3.8, 4) is 46.0 Å². The highest BCUT2D eigenvalue weighted by Gasteiger charge is 2.51. The summed E-state index contributed by atoms with van der Waals surface area (Å²) >= 11 is 0. The van der Waals surface area contributed by atoms with Gasteiger partial charge in [0.15, 0.2) is 0 Å². The van der Waals surface area contributed by atoms with Gasteiger partial charge in [0.25, 0.3) is 20.1 Å². The number of para-hydroxylation sites is 8. The van der Waals surface area contributed by atoms with E-state index in [1.807, 2.05) is 228 Å². The molecule has 0 radical (unpaired) electrons. The molecule has 0 saturated carbocycles. The maximum atomic E-state index is 11.7. The van der Waals surface area contributed by atoms with Gasteiger partial charge in [-0.15, -0.1) is 0 Å². The molecule has 6 aliphatic heterocycles. The minimum atomic E-state index is -0.784. The van der Waals surface area contributed by atoms with Gasteiger partial charge in [0.1, 0.15) is 46.0 Å². The van der Waals surface area contributed by atoms with E-state index in [0.29, 0.717) is 62.4 Å². The zero-order valence-corrected chi connectivity index (χ0v) is 60.2. The fourth-order valence-corrected chi connectivity index (χ4v) is 17.9. The lowest BCUT2D eigenvalue weighted by Crippen LogP contribution is -2.65. The molecule has 0 N–H and O–H groups in total. The van der Waals surface area contributed by atoms with Crippen LogP contribution >= 0.6 is 0 Å². The van der Waals surface area contributed by atoms with E-state index in [9.17, 15) is 8.22 Å². The molecule has 0 fully saturated rings. The van der Waals surface area contributed by atoms with Crippen molar-refractivity contribution < 1.29 is 27.2 Å². The lowest BCUT2D eigenvalue weighted by Gasteiger charge is -2.47. The molecule has 15 aromatic carbocycles. The second-order valence-electron chi connectivity index (χ2n) is 28.9. The van der Waals surface area contributed by atoms with Crippen LogP contribution in [0.3, 0.4) is 0 Å². The first-order chi connectivity index (χ1) is 55.6. The zero-order valence-electron chi connectivity index (χ0n) is 66.2. The van der Waals surface area contributed by atoms with Gasteiger partial charge in [-0.3, -0.25) is 0 Å². The summed E-state index contributed by atoms with van der Waals surface area (Å²) < 4.78 is 95.3. The summed E-state index contributed by atoms with van der Waals surface area (Å²) in [6.07, 6.45) is 0. The largest absolute Gasteiger partial charge is 0.458 e. The van der Waals surface area contributed by atoms with Crippen LogP contribution < -0.4 is 92.6 Å². The van der Waals surface area contributed by atoms with Crippen LogP contribution in [0.4, 0.5) is 85.3 Å². The van der Waals surface area contributed by atoms with Crippen molar-refractivity contribution >= 4 is 155 Å². The first-order valence-corrected chi connectivity index (χ1v) is 36.8. The SMILES string of the molecule is [2H]c1c2c3c(c([2H])c1N(c1ccccc1)c1ccccc1)Oc1cc4c(cc1B3c1ccccc1O2)B1c2cc3c(cc2N(c2c(C)cc(C)cc2C)c2c([2H])c(N(c5ccccc5)c5ccccc5)c([2H])c(c21)N4c1c(C)cc(C)cc1C)Oc1c([2H])c(N(c2ccccc2)c2ccccc2)c([2H])c2c1B3c1ccccc1O2. The Morgan fingerprint density at radius 3 is 0.824 bits per heavy atom. The van der Waals surface area contributed by atoms with Crippen molar-refractivity contribution in [3.05, 3.63) is 349 Å². The molecule has 108 heavy (non-hydrogen) atoms. The number of hydrogen-bond donors (Lipinski definition) is 0. The summed E-state index contributed by atoms with van der Waals surface area (Å²) in [7, 11) is 0. The Balaban J connectivity index is 0.900. The van der Waals surface area contributed by atoms with Crippen LogP contribution in [0, 0.1) is 41.5 Å². The quantitative estimate of drug-likeness (QED) is 0.118. The van der Waals surface area contributed by atoms with E-state index in [1.54, 1.807) is 0 Å². The van der Waals surface area contributed by atoms with Crippen LogP contribution in [0.15, 0.2) is 315 Å². The molecular weight excluding hydrogens is 1320 g/mol. The van der Waals surface area contributed by atoms with Crippen LogP contribution in [-0.2, 0) is 0 Å². The van der Waals surface area contributed by atoms with E-state index < -0.39 is 20.1 Å². The normalized spacial score (nSPS) is 13.9. The Kier molecular flexibility index (Phi) is 13.0. The second kappa shape index (κ2) is 24.7. The molecule has 9 nitrogen and oxygen atoms in total. The number of aryl methyl sites for hydroxylation is 6. The molecule has 0 saturated heterocycles. The molecule has 0 atom stereocenters. The number of fused-ring (bicyclic) bond motifs is 12. The van der Waals surface area contributed by atoms with Gasteiger partial charge >= 0.3 is 0 Å². The Labute approximate surface area is 639 Å². The fraction of sp³-hybridized carbons (Fsp3) is 0.0625. The Hall–Kier alpha value is -13.3. The van der Waals surface area contributed by atoms with Crippen molar-refractivity contribution in [2.24, 2.45) is 0 Å². The maximum absolute atomic E-state index is 11.7. The van der Waals surface area contributed by atoms with Crippen molar-refractivity contribution in [1.29, 1.82) is 0 Å². The fourth-order valence-electron chi connectivity index (χ4n) is 17.9. The summed E-state index contributed by atoms with van der Waals surface area (Å²) in [5, 5.41) is 0. The monoisotopic (exact) mass is 1400 g/mol. The molecule has 0 aromatic heterocycles. The Morgan fingerprint density at radius 2 is 0.509 bits per heavy atom. The maximum Gasteiger partial charge on any atom is 0.260 e. The molecule has 0 aliphatic carbocycles. The summed E-state index contributed by atoms with van der Waals surface area (Å²) in [5.74, 6) is 3.17. The molecule has 0 bridgehead atoms. The molecule has 0 spiro atoms. The van der Waals surface area contributed by atoms with Gasteiger partial charge in [-0.25, -0.2) is 0 Å². The van der Waals surface area contributed by atoms with Gasteiger partial charge in [0, 0.05) is 104 Å². The standard InChI is InChI=1S/C96H70B3N5O4/c1-59-45-61(3)95(62(4)46-59)103-80-57-86-78(97-74-41-25-27-43-84(74)105-88-51-72(53-90(107-86)93(88)97)101(67-33-17-9-18-34-67)68-35-19-10-20-36-68)55-76(80)99-77-56-79-87(108-91-54-73(52-89-94(91)98(79)75-42-26-28-44-85(75)106-89)102(69-37-21-11-22-38-69)70-39-23-12-24-40-70)58-81(77)104(96-63(5)47-60(2)48-64(96)6)83-50-71(49-82(103)92(83)99)100(65-29-13-7-14-30-65)66-31-15-8-16-32-66/h7-58H,1-6H3/i49D,50D,51D,52D,53D,54D. The molecule has 21 rings (SSSR count). The first kappa shape index (κ1) is 57.1. The van der Waals surface area contributed by atoms with Gasteiger partial charge in [0.2, 0.25) is 0 Å². The lowest BCUT2D eigenvalue weighted by molar-refractivity contribution is 0.464. The molecule has 12 heteroatoms. The molecule has 0 amide bonds. The minimum Gasteiger partial charge on any atom is -0.458 e. The summed E-state index contributed by atoms with van der Waals surface area (Å²) in [6.45, 7) is 10.7. The summed E-state index contributed by atoms with van der Waals surface area (Å²) in [4.78, 5) is 10.5. The highest BCUT2D eigenvalue weighted by atomic mass is 16.5. The summed E-state index contributed by atoms with van der Waals surface area (Å²) in [6, 6.07) is 93.3. The molecule has 0 unspecified atom stereocenters. The number of benzene rings is 15. The van der Waals surface area contributed by atoms with Crippen LogP contribution in [0.2, 0.25) is 0 Å². The molecule has 15 aromatic rings. The van der Waals surface area contributed by atoms with Crippen LogP contribution in [0.5, 0.6) is 46.0 Å². The van der Waals surface area contributed by atoms with E-state index in [2.05, 4.69) is 117 Å². The number of ether oxygens (including phenoxy) is 4. The lowest BCUT2D eigenvalue weighted by atomic mass is 9.29. The van der Waals surface area contributed by atoms with Crippen molar-refractivity contribution in [2.75, 3.05) is 24.5 Å². The Bertz CT molecular complexity index is 6080. The number of hydrogen-bond acceptors (Lipinski definition) is 9. The molecule has 6 heterocycles. The van der Waals surface area contributed by atoms with E-state index in [4.69, 9.17) is 18.9 Å². The van der Waals surface area contributed by atoms with E-state index in [0.717, 1.165) is 117 Å². The van der Waals surface area contributed by atoms with Crippen LogP contribution in [0.25, 0.3) is 0 Å². The van der Waals surface area contributed by atoms with Gasteiger partial charge < -0.3 is 43.4 Å². The molecule has 512 valence electrons. The predicted octanol–water partition coefficient (Wildman–Crippen LogP) is 19.5. The minimum absolute atomic E-state index is 0.00766. The van der Waals surface area contributed by atoms with Crippen molar-refractivity contribution in [3.63, 3.8) is 0 Å². The average Bonchev–Trinajstić information content (AvgIpc) is 0.981. The molecular formula is C96H70B3N5O4. The number of anilines is 15. The van der Waals surface area contributed by atoms with Crippen LogP contribution in [-0.4, -0.2) is 20.1 Å². The van der Waals surface area contributed by atoms with Gasteiger partial charge in [-0.1, -0.05) is 193 Å². The van der Waals surface area contributed by atoms with Crippen molar-refractivity contribution in [2.45, 2.75) is 41.5 Å². The number of rotatable bonds is 11. The van der Waals surface area contributed by atoms with E-state index in [1.165, 1.54) is 0 Å². The van der Waals surface area contributed by atoms with Crippen molar-refractivity contribution in [1.82, 2.24) is 0 Å². The van der Waals surface area contributed by atoms with Crippen LogP contribution in [0.1, 0.15) is 41.6 Å². The third kappa shape index (κ3) is 9.89. The third-order valence-corrected chi connectivity index (χ3v) is 22.0. The van der Waals surface area contributed by atoms with E-state index in [-0.39, 0.29) is 70.6 Å². The average molecular weight is 1400 g/mol. The Morgan fingerprint density at radius 1 is 0.241 bits per heavy atom. The van der Waals surface area contributed by atoms with Gasteiger partial charge in [0.05, 0.1) is 36.7 Å². The highest BCUT2D eigenvalue weighted by Crippen LogP contribution is 2.54. The second-order valence-corrected chi connectivity index (χ2v) is 28.9. The smallest absolute Gasteiger partial charge is 0.260 e. The first-order valence-electron chi connectivity index (χ1n) is 39.8. The summed E-state index contributed by atoms with van der Waals surface area (Å²) in [5.41, 5.74) is 22.3. The van der Waals surface area contributed by atoms with Gasteiger partial charge in [-0.05, 0) is 199 Å².